The Balaban J connectivity index is 1.96. The Kier molecular flexibility index (Phi) is 5.36. The van der Waals surface area contributed by atoms with Crippen LogP contribution in [-0.2, 0) is 15.1 Å². The first-order valence-electron chi connectivity index (χ1n) is 6.86. The van der Waals surface area contributed by atoms with Gasteiger partial charge in [0.25, 0.3) is 5.91 Å². The van der Waals surface area contributed by atoms with E-state index in [2.05, 4.69) is 10.4 Å². The van der Waals surface area contributed by atoms with E-state index in [0.29, 0.717) is 21.5 Å². The number of rotatable bonds is 6. The third-order valence-corrected chi connectivity index (χ3v) is 3.60. The number of benzene rings is 1. The molecule has 0 aliphatic rings. The Bertz CT molecular complexity index is 754. The van der Waals surface area contributed by atoms with Gasteiger partial charge in [-0.3, -0.25) is 9.48 Å². The Morgan fingerprint density at radius 3 is 2.50 bits per heavy atom. The van der Waals surface area contributed by atoms with Crippen molar-refractivity contribution in [2.75, 3.05) is 11.9 Å². The summed E-state index contributed by atoms with van der Waals surface area (Å²) < 4.78 is 6.56. The van der Waals surface area contributed by atoms with Gasteiger partial charge in [0.1, 0.15) is 5.75 Å². The molecule has 0 unspecified atom stereocenters. The predicted molar refractivity (Wildman–Crippen MR) is 89.8 cm³/mol. The van der Waals surface area contributed by atoms with Crippen molar-refractivity contribution < 1.29 is 19.4 Å². The molecule has 128 valence electrons. The zero-order valence-corrected chi connectivity index (χ0v) is 14.4. The summed E-state index contributed by atoms with van der Waals surface area (Å²) in [5.74, 6) is -1.10. The average Bonchev–Trinajstić information content (AvgIpc) is 2.93. The molecule has 0 spiro atoms. The molecule has 0 atom stereocenters. The molecule has 7 nitrogen and oxygen atoms in total. The van der Waals surface area contributed by atoms with Crippen LogP contribution in [0.4, 0.5) is 5.69 Å². The molecule has 2 N–H and O–H groups in total. The number of hydrogen-bond donors (Lipinski definition) is 2. The van der Waals surface area contributed by atoms with Gasteiger partial charge in [-0.25, -0.2) is 4.79 Å². The van der Waals surface area contributed by atoms with Crippen molar-refractivity contribution in [3.8, 4) is 5.75 Å². The molecule has 0 fully saturated rings. The van der Waals surface area contributed by atoms with E-state index in [1.807, 2.05) is 0 Å². The summed E-state index contributed by atoms with van der Waals surface area (Å²) in [6.07, 6.45) is 2.79. The van der Waals surface area contributed by atoms with Gasteiger partial charge in [0.2, 0.25) is 0 Å². The fourth-order valence-electron chi connectivity index (χ4n) is 1.75. The second kappa shape index (κ2) is 7.11. The zero-order valence-electron chi connectivity index (χ0n) is 12.9. The van der Waals surface area contributed by atoms with Crippen molar-refractivity contribution in [1.29, 1.82) is 0 Å². The van der Waals surface area contributed by atoms with Crippen LogP contribution >= 0.6 is 23.2 Å². The van der Waals surface area contributed by atoms with E-state index < -0.39 is 17.4 Å². The molecule has 0 bridgehead atoms. The number of nitrogens with one attached hydrogen (secondary N) is 1. The quantitative estimate of drug-likeness (QED) is 0.813. The summed E-state index contributed by atoms with van der Waals surface area (Å²) in [5, 5.41) is 16.5. The van der Waals surface area contributed by atoms with Gasteiger partial charge in [-0.1, -0.05) is 23.2 Å². The predicted octanol–water partition coefficient (Wildman–Crippen LogP) is 3.03. The number of carbonyl (C=O) groups excluding carboxylic acids is 1. The summed E-state index contributed by atoms with van der Waals surface area (Å²) in [4.78, 5) is 23.1. The summed E-state index contributed by atoms with van der Waals surface area (Å²) in [6.45, 7) is 2.74. The molecule has 0 aliphatic heterocycles. The minimum atomic E-state index is -1.23. The average molecular weight is 372 g/mol. The molecule has 0 saturated heterocycles. The van der Waals surface area contributed by atoms with Crippen LogP contribution in [-0.4, -0.2) is 33.4 Å². The highest BCUT2D eigenvalue weighted by Crippen LogP contribution is 2.24. The molecule has 1 aromatic carbocycles. The van der Waals surface area contributed by atoms with Crippen molar-refractivity contribution in [3.05, 3.63) is 40.6 Å². The maximum absolute atomic E-state index is 11.9. The first-order valence-corrected chi connectivity index (χ1v) is 7.61. The molecular weight excluding hydrogens is 357 g/mol. The SMILES string of the molecule is CC(C)(C(=O)O)n1cc(NC(=O)COc2cc(Cl)cc(Cl)c2)cn1. The number of ether oxygens (including phenoxy) is 1. The highest BCUT2D eigenvalue weighted by molar-refractivity contribution is 6.34. The number of halogens is 2. The third-order valence-electron chi connectivity index (χ3n) is 3.17. The van der Waals surface area contributed by atoms with Gasteiger partial charge in [-0.15, -0.1) is 0 Å². The lowest BCUT2D eigenvalue weighted by Gasteiger charge is -2.19. The zero-order chi connectivity index (χ0) is 17.9. The van der Waals surface area contributed by atoms with Gasteiger partial charge in [-0.05, 0) is 32.0 Å². The third kappa shape index (κ3) is 4.39. The summed E-state index contributed by atoms with van der Waals surface area (Å²) in [7, 11) is 0. The number of carboxylic acid groups (broad SMARTS) is 1. The first-order chi connectivity index (χ1) is 11.2. The van der Waals surface area contributed by atoms with Crippen LogP contribution in [0.3, 0.4) is 0 Å². The molecule has 1 amide bonds. The fourth-order valence-corrected chi connectivity index (χ4v) is 2.25. The van der Waals surface area contributed by atoms with Gasteiger partial charge >= 0.3 is 5.97 Å². The van der Waals surface area contributed by atoms with E-state index >= 15 is 0 Å². The molecule has 0 saturated carbocycles. The highest BCUT2D eigenvalue weighted by Gasteiger charge is 2.30. The Hall–Kier alpha value is -2.25. The largest absolute Gasteiger partial charge is 0.484 e. The minimum Gasteiger partial charge on any atom is -0.484 e. The number of carboxylic acids is 1. The summed E-state index contributed by atoms with van der Waals surface area (Å²) in [5.41, 5.74) is -0.862. The highest BCUT2D eigenvalue weighted by atomic mass is 35.5. The first kappa shape index (κ1) is 18.1. The van der Waals surface area contributed by atoms with Crippen LogP contribution in [0.2, 0.25) is 10.0 Å². The van der Waals surface area contributed by atoms with Crippen molar-refractivity contribution in [3.63, 3.8) is 0 Å². The Labute approximate surface area is 148 Å². The lowest BCUT2D eigenvalue weighted by Crippen LogP contribution is -2.35. The molecular formula is C15H15Cl2N3O4. The van der Waals surface area contributed by atoms with Gasteiger partial charge in [0.15, 0.2) is 12.1 Å². The number of amides is 1. The van der Waals surface area contributed by atoms with Crippen LogP contribution < -0.4 is 10.1 Å². The van der Waals surface area contributed by atoms with Crippen LogP contribution in [0.25, 0.3) is 0 Å². The molecule has 24 heavy (non-hydrogen) atoms. The molecule has 1 heterocycles. The van der Waals surface area contributed by atoms with Crippen LogP contribution in [0.15, 0.2) is 30.6 Å². The smallest absolute Gasteiger partial charge is 0.331 e. The summed E-state index contributed by atoms with van der Waals surface area (Å²) in [6, 6.07) is 4.62. The van der Waals surface area contributed by atoms with Crippen molar-refractivity contribution >= 4 is 40.8 Å². The van der Waals surface area contributed by atoms with Gasteiger partial charge in [0.05, 0.1) is 11.9 Å². The maximum atomic E-state index is 11.9. The van der Waals surface area contributed by atoms with Crippen molar-refractivity contribution in [2.45, 2.75) is 19.4 Å². The Morgan fingerprint density at radius 2 is 1.92 bits per heavy atom. The molecule has 2 aromatic rings. The fraction of sp³-hybridized carbons (Fsp3) is 0.267. The number of aromatic nitrogens is 2. The number of carbonyl (C=O) groups is 2. The van der Waals surface area contributed by atoms with E-state index in [4.69, 9.17) is 33.0 Å². The number of aliphatic carboxylic acids is 1. The van der Waals surface area contributed by atoms with Crippen molar-refractivity contribution in [1.82, 2.24) is 9.78 Å². The molecule has 0 aliphatic carbocycles. The molecule has 2 rings (SSSR count). The van der Waals surface area contributed by atoms with Gasteiger partial charge in [-0.2, -0.15) is 5.10 Å². The monoisotopic (exact) mass is 371 g/mol. The number of hydrogen-bond acceptors (Lipinski definition) is 4. The number of nitrogens with zero attached hydrogens (tertiary/aromatic N) is 2. The topological polar surface area (TPSA) is 93.5 Å². The van der Waals surface area contributed by atoms with Crippen LogP contribution in [0.5, 0.6) is 5.75 Å². The Morgan fingerprint density at radius 1 is 1.29 bits per heavy atom. The van der Waals surface area contributed by atoms with E-state index in [1.165, 1.54) is 43.1 Å². The molecule has 1 aromatic heterocycles. The van der Waals surface area contributed by atoms with Crippen LogP contribution in [0.1, 0.15) is 13.8 Å². The standard InChI is InChI=1S/C15H15Cl2N3O4/c1-15(2,14(22)23)20-7-11(6-18-20)19-13(21)8-24-12-4-9(16)3-10(17)5-12/h3-7H,8H2,1-2H3,(H,19,21)(H,22,23). The second-order valence-corrected chi connectivity index (χ2v) is 6.35. The van der Waals surface area contributed by atoms with Gasteiger partial charge in [0, 0.05) is 16.2 Å². The minimum absolute atomic E-state index is 0.260. The number of anilines is 1. The van der Waals surface area contributed by atoms with E-state index in [0.717, 1.165) is 0 Å². The van der Waals surface area contributed by atoms with E-state index in [-0.39, 0.29) is 6.61 Å². The maximum Gasteiger partial charge on any atom is 0.331 e. The lowest BCUT2D eigenvalue weighted by molar-refractivity contribution is -0.146. The van der Waals surface area contributed by atoms with Crippen LogP contribution in [0, 0.1) is 0 Å². The molecule has 0 radical (unpaired) electrons. The van der Waals surface area contributed by atoms with E-state index in [9.17, 15) is 9.59 Å². The second-order valence-electron chi connectivity index (χ2n) is 5.48. The van der Waals surface area contributed by atoms with E-state index in [1.54, 1.807) is 6.07 Å². The van der Waals surface area contributed by atoms with Crippen molar-refractivity contribution in [2.24, 2.45) is 0 Å². The van der Waals surface area contributed by atoms with Gasteiger partial charge < -0.3 is 15.2 Å². The molecule has 9 heteroatoms. The summed E-state index contributed by atoms with van der Waals surface area (Å²) >= 11 is 11.7. The normalized spacial score (nSPS) is 11.2. The lowest BCUT2D eigenvalue weighted by atomic mass is 10.1.